The highest BCUT2D eigenvalue weighted by atomic mass is 19.1. The van der Waals surface area contributed by atoms with Gasteiger partial charge in [0, 0.05) is 6.20 Å². The molecule has 16 heavy (non-hydrogen) atoms. The van der Waals surface area contributed by atoms with Gasteiger partial charge in [0.05, 0.1) is 18.7 Å². The number of nitrogens with zero attached hydrogens (tertiary/aromatic N) is 1. The van der Waals surface area contributed by atoms with Crippen LogP contribution >= 0.6 is 0 Å². The van der Waals surface area contributed by atoms with Crippen molar-refractivity contribution >= 4 is 0 Å². The van der Waals surface area contributed by atoms with Gasteiger partial charge in [0.1, 0.15) is 5.82 Å². The first-order chi connectivity index (χ1) is 7.70. The van der Waals surface area contributed by atoms with E-state index in [0.717, 1.165) is 5.56 Å². The topological polar surface area (TPSA) is 58.0 Å². The monoisotopic (exact) mass is 222 g/mol. The van der Waals surface area contributed by atoms with E-state index >= 15 is 0 Å². The van der Waals surface area contributed by atoms with Gasteiger partial charge in [0.2, 0.25) is 0 Å². The number of nitrogens with one attached hydrogen (secondary N) is 1. The van der Waals surface area contributed by atoms with Gasteiger partial charge in [-0.15, -0.1) is 0 Å². The van der Waals surface area contributed by atoms with Crippen molar-refractivity contribution in [3.63, 3.8) is 0 Å². The predicted octanol–water partition coefficient (Wildman–Crippen LogP) is 0.856. The van der Waals surface area contributed by atoms with E-state index in [9.17, 15) is 9.18 Å². The van der Waals surface area contributed by atoms with Gasteiger partial charge < -0.3 is 10.2 Å². The molecule has 2 rings (SSSR count). The average Bonchev–Trinajstić information content (AvgIpc) is 2.63. The number of rotatable bonds is 3. The highest BCUT2D eigenvalue weighted by Gasteiger charge is 2.05. The molecule has 0 spiro atoms. The van der Waals surface area contributed by atoms with E-state index in [-0.39, 0.29) is 18.0 Å². The van der Waals surface area contributed by atoms with E-state index in [2.05, 4.69) is 5.10 Å². The molecule has 1 heterocycles. The Kier molecular flexibility index (Phi) is 2.87. The molecule has 0 aliphatic heterocycles. The smallest absolute Gasteiger partial charge is 0.272 e. The molecule has 4 nitrogen and oxygen atoms in total. The first-order valence-corrected chi connectivity index (χ1v) is 4.83. The molecule has 0 aliphatic rings. The summed E-state index contributed by atoms with van der Waals surface area (Å²) in [6.07, 6.45) is 1.46. The second-order valence-corrected chi connectivity index (χ2v) is 3.47. The van der Waals surface area contributed by atoms with Gasteiger partial charge in [0.25, 0.3) is 5.56 Å². The number of benzene rings is 1. The van der Waals surface area contributed by atoms with E-state index < -0.39 is 0 Å². The van der Waals surface area contributed by atoms with Crippen molar-refractivity contribution in [2.24, 2.45) is 0 Å². The molecule has 0 radical (unpaired) electrons. The summed E-state index contributed by atoms with van der Waals surface area (Å²) in [7, 11) is 0. The molecule has 0 atom stereocenters. The van der Waals surface area contributed by atoms with Gasteiger partial charge >= 0.3 is 0 Å². The third-order valence-corrected chi connectivity index (χ3v) is 2.34. The Labute approximate surface area is 90.9 Å². The number of H-pyrrole nitrogens is 1. The Balaban J connectivity index is 2.24. The number of hydrogen-bond donors (Lipinski definition) is 2. The van der Waals surface area contributed by atoms with Crippen molar-refractivity contribution in [3.05, 3.63) is 57.8 Å². The zero-order valence-electron chi connectivity index (χ0n) is 8.48. The second kappa shape index (κ2) is 4.32. The van der Waals surface area contributed by atoms with Crippen LogP contribution in [0.5, 0.6) is 0 Å². The minimum atomic E-state index is -0.307. The number of aromatic nitrogens is 2. The van der Waals surface area contributed by atoms with Crippen LogP contribution in [-0.2, 0) is 13.2 Å². The summed E-state index contributed by atoms with van der Waals surface area (Å²) in [6, 6.07) is 5.91. The van der Waals surface area contributed by atoms with Crippen molar-refractivity contribution in [2.45, 2.75) is 13.2 Å². The third-order valence-electron chi connectivity index (χ3n) is 2.34. The molecular weight excluding hydrogens is 211 g/mol. The fraction of sp³-hybridized carbons (Fsp3) is 0.182. The first kappa shape index (κ1) is 10.6. The highest BCUT2D eigenvalue weighted by molar-refractivity contribution is 5.16. The summed E-state index contributed by atoms with van der Waals surface area (Å²) in [5.74, 6) is -0.307. The van der Waals surface area contributed by atoms with E-state index in [1.54, 1.807) is 12.1 Å². The Hall–Kier alpha value is -1.88. The Morgan fingerprint density at radius 3 is 2.56 bits per heavy atom. The second-order valence-electron chi connectivity index (χ2n) is 3.47. The minimum Gasteiger partial charge on any atom is -0.391 e. The van der Waals surface area contributed by atoms with E-state index in [0.29, 0.717) is 12.1 Å². The van der Waals surface area contributed by atoms with Gasteiger partial charge in [-0.3, -0.25) is 4.79 Å². The quantitative estimate of drug-likeness (QED) is 0.809. The molecule has 2 N–H and O–H groups in total. The van der Waals surface area contributed by atoms with Crippen molar-refractivity contribution in [2.75, 3.05) is 0 Å². The zero-order valence-corrected chi connectivity index (χ0v) is 8.48. The summed E-state index contributed by atoms with van der Waals surface area (Å²) in [5.41, 5.74) is 0.878. The van der Waals surface area contributed by atoms with Gasteiger partial charge in [-0.2, -0.15) is 0 Å². The molecule has 0 aliphatic carbocycles. The van der Waals surface area contributed by atoms with E-state index in [1.807, 2.05) is 0 Å². The van der Waals surface area contributed by atoms with Crippen LogP contribution in [0.1, 0.15) is 11.1 Å². The molecule has 5 heteroatoms. The fourth-order valence-corrected chi connectivity index (χ4v) is 1.45. The lowest BCUT2D eigenvalue weighted by Gasteiger charge is -2.01. The Morgan fingerprint density at radius 2 is 2.00 bits per heavy atom. The molecule has 0 amide bonds. The van der Waals surface area contributed by atoms with E-state index in [1.165, 1.54) is 23.0 Å². The van der Waals surface area contributed by atoms with Gasteiger partial charge in [0.15, 0.2) is 0 Å². The number of aliphatic hydroxyl groups is 1. The van der Waals surface area contributed by atoms with Crippen molar-refractivity contribution in [3.8, 4) is 0 Å². The SMILES string of the molecule is O=c1c(CO)c[nH]n1Cc1ccc(F)cc1. The highest BCUT2D eigenvalue weighted by Crippen LogP contribution is 2.03. The summed E-state index contributed by atoms with van der Waals surface area (Å²) in [4.78, 5) is 11.6. The Bertz CT molecular complexity index is 528. The van der Waals surface area contributed by atoms with Crippen molar-refractivity contribution in [1.82, 2.24) is 9.78 Å². The third kappa shape index (κ3) is 2.04. The first-order valence-electron chi connectivity index (χ1n) is 4.83. The lowest BCUT2D eigenvalue weighted by molar-refractivity contribution is 0.280. The van der Waals surface area contributed by atoms with Gasteiger partial charge in [-0.1, -0.05) is 12.1 Å². The molecule has 0 saturated heterocycles. The van der Waals surface area contributed by atoms with Gasteiger partial charge in [-0.25, -0.2) is 9.07 Å². The maximum absolute atomic E-state index is 12.7. The molecule has 1 aromatic carbocycles. The van der Waals surface area contributed by atoms with Crippen LogP contribution in [-0.4, -0.2) is 14.9 Å². The van der Waals surface area contributed by atoms with Crippen LogP contribution < -0.4 is 5.56 Å². The summed E-state index contributed by atoms with van der Waals surface area (Å²) >= 11 is 0. The molecule has 0 unspecified atom stereocenters. The predicted molar refractivity (Wildman–Crippen MR) is 56.5 cm³/mol. The molecule has 0 bridgehead atoms. The number of aliphatic hydroxyl groups excluding tert-OH is 1. The van der Waals surface area contributed by atoms with Crippen LogP contribution in [0.25, 0.3) is 0 Å². The van der Waals surface area contributed by atoms with Gasteiger partial charge in [-0.05, 0) is 17.7 Å². The summed E-state index contributed by atoms with van der Waals surface area (Å²) < 4.78 is 14.0. The van der Waals surface area contributed by atoms with Crippen LogP contribution in [0.3, 0.4) is 0 Å². The van der Waals surface area contributed by atoms with Crippen LogP contribution in [0, 0.1) is 5.82 Å². The lowest BCUT2D eigenvalue weighted by Crippen LogP contribution is -2.19. The average molecular weight is 222 g/mol. The van der Waals surface area contributed by atoms with Crippen molar-refractivity contribution in [1.29, 1.82) is 0 Å². The molecule has 2 aromatic rings. The number of halogens is 1. The fourth-order valence-electron chi connectivity index (χ4n) is 1.45. The largest absolute Gasteiger partial charge is 0.391 e. The summed E-state index contributed by atoms with van der Waals surface area (Å²) in [5, 5.41) is 11.6. The molecule has 0 saturated carbocycles. The standard InChI is InChI=1S/C11H11FN2O2/c12-10-3-1-8(2-4-10)6-14-11(16)9(7-15)5-13-14/h1-5,13,15H,6-7H2. The lowest BCUT2D eigenvalue weighted by atomic mass is 10.2. The molecule has 1 aromatic heterocycles. The zero-order chi connectivity index (χ0) is 11.5. The maximum atomic E-state index is 12.7. The van der Waals surface area contributed by atoms with Crippen LogP contribution in [0.15, 0.2) is 35.3 Å². The number of aromatic amines is 1. The Morgan fingerprint density at radius 1 is 1.31 bits per heavy atom. The maximum Gasteiger partial charge on any atom is 0.272 e. The normalized spacial score (nSPS) is 10.6. The van der Waals surface area contributed by atoms with Crippen molar-refractivity contribution < 1.29 is 9.50 Å². The van der Waals surface area contributed by atoms with Crippen LogP contribution in [0.4, 0.5) is 4.39 Å². The minimum absolute atomic E-state index is 0.258. The molecule has 0 fully saturated rings. The molecular formula is C11H11FN2O2. The number of hydrogen-bond acceptors (Lipinski definition) is 2. The molecule has 84 valence electrons. The van der Waals surface area contributed by atoms with E-state index in [4.69, 9.17) is 5.11 Å². The van der Waals surface area contributed by atoms with Crippen LogP contribution in [0.2, 0.25) is 0 Å². The summed E-state index contributed by atoms with van der Waals surface area (Å²) in [6.45, 7) is 0.0465.